The number of hydrogen-bond acceptors (Lipinski definition) is 3. The van der Waals surface area contributed by atoms with E-state index in [1.165, 1.54) is 48.5 Å². The number of nitriles is 1. The highest BCUT2D eigenvalue weighted by Gasteiger charge is 2.15. The molecule has 3 aromatic carbocycles. The van der Waals surface area contributed by atoms with Crippen LogP contribution in [0, 0.1) is 17.1 Å². The number of rotatable bonds is 4. The molecule has 0 aromatic heterocycles. The quantitative estimate of drug-likeness (QED) is 0.766. The molecule has 0 heterocycles. The Kier molecular flexibility index (Phi) is 4.50. The molecule has 0 unspecified atom stereocenters. The average Bonchev–Trinajstić information content (AvgIpc) is 2.63. The zero-order chi connectivity index (χ0) is 17.9. The van der Waals surface area contributed by atoms with Crippen LogP contribution in [-0.4, -0.2) is 8.42 Å². The molecule has 0 aliphatic rings. The van der Waals surface area contributed by atoms with Crippen molar-refractivity contribution >= 4 is 15.7 Å². The molecule has 0 aliphatic heterocycles. The summed E-state index contributed by atoms with van der Waals surface area (Å²) in [6.07, 6.45) is 0. The lowest BCUT2D eigenvalue weighted by Gasteiger charge is -2.10. The Morgan fingerprint density at radius 1 is 0.880 bits per heavy atom. The van der Waals surface area contributed by atoms with Gasteiger partial charge in [-0.25, -0.2) is 12.8 Å². The Hall–Kier alpha value is -3.17. The molecule has 4 nitrogen and oxygen atoms in total. The van der Waals surface area contributed by atoms with Gasteiger partial charge in [0, 0.05) is 5.69 Å². The van der Waals surface area contributed by atoms with Crippen LogP contribution in [0.15, 0.2) is 77.7 Å². The number of anilines is 1. The first-order valence-electron chi connectivity index (χ1n) is 7.37. The average molecular weight is 352 g/mol. The van der Waals surface area contributed by atoms with Crippen LogP contribution >= 0.6 is 0 Å². The Labute approximate surface area is 145 Å². The molecule has 124 valence electrons. The van der Waals surface area contributed by atoms with Crippen molar-refractivity contribution in [3.05, 3.63) is 84.2 Å². The smallest absolute Gasteiger partial charge is 0.261 e. The standard InChI is InChI=1S/C19H13FN2O2S/c20-17-8-6-15(7-9-17)16-2-1-3-19(12-16)25(23,24)22-18-10-4-14(13-21)5-11-18/h1-12,22H. The van der Waals surface area contributed by atoms with E-state index in [1.807, 2.05) is 6.07 Å². The summed E-state index contributed by atoms with van der Waals surface area (Å²) >= 11 is 0. The highest BCUT2D eigenvalue weighted by Crippen LogP contribution is 2.24. The van der Waals surface area contributed by atoms with E-state index in [-0.39, 0.29) is 10.7 Å². The second kappa shape index (κ2) is 6.75. The van der Waals surface area contributed by atoms with Gasteiger partial charge in [0.15, 0.2) is 0 Å². The van der Waals surface area contributed by atoms with Gasteiger partial charge in [-0.1, -0.05) is 24.3 Å². The van der Waals surface area contributed by atoms with Crippen LogP contribution in [0.25, 0.3) is 11.1 Å². The lowest BCUT2D eigenvalue weighted by atomic mass is 10.1. The molecule has 0 amide bonds. The van der Waals surface area contributed by atoms with Gasteiger partial charge in [-0.3, -0.25) is 4.72 Å². The summed E-state index contributed by atoms with van der Waals surface area (Å²) in [6.45, 7) is 0. The minimum atomic E-state index is -3.78. The van der Waals surface area contributed by atoms with Gasteiger partial charge < -0.3 is 0 Å². The van der Waals surface area contributed by atoms with Crippen LogP contribution in [0.3, 0.4) is 0 Å². The third-order valence-electron chi connectivity index (χ3n) is 3.59. The summed E-state index contributed by atoms with van der Waals surface area (Å²) in [7, 11) is -3.78. The molecule has 0 spiro atoms. The van der Waals surface area contributed by atoms with Crippen LogP contribution in [0.5, 0.6) is 0 Å². The number of hydrogen-bond donors (Lipinski definition) is 1. The number of nitrogens with zero attached hydrogens (tertiary/aromatic N) is 1. The van der Waals surface area contributed by atoms with Crippen LogP contribution in [0.4, 0.5) is 10.1 Å². The second-order valence-electron chi connectivity index (χ2n) is 5.33. The Balaban J connectivity index is 1.90. The normalized spacial score (nSPS) is 10.9. The van der Waals surface area contributed by atoms with Crippen LogP contribution < -0.4 is 4.72 Å². The van der Waals surface area contributed by atoms with Crippen molar-refractivity contribution in [1.82, 2.24) is 0 Å². The monoisotopic (exact) mass is 352 g/mol. The first-order chi connectivity index (χ1) is 12.0. The van der Waals surface area contributed by atoms with Gasteiger partial charge in [-0.05, 0) is 59.7 Å². The molecule has 3 aromatic rings. The Morgan fingerprint density at radius 3 is 2.20 bits per heavy atom. The predicted molar refractivity (Wildman–Crippen MR) is 93.8 cm³/mol. The first kappa shape index (κ1) is 16.7. The minimum absolute atomic E-state index is 0.0960. The molecule has 0 fully saturated rings. The summed E-state index contributed by atoms with van der Waals surface area (Å²) in [5.74, 6) is -0.352. The molecular weight excluding hydrogens is 339 g/mol. The van der Waals surface area contributed by atoms with E-state index in [2.05, 4.69) is 4.72 Å². The fourth-order valence-corrected chi connectivity index (χ4v) is 3.42. The zero-order valence-corrected chi connectivity index (χ0v) is 13.8. The molecule has 6 heteroatoms. The van der Waals surface area contributed by atoms with E-state index in [9.17, 15) is 12.8 Å². The third-order valence-corrected chi connectivity index (χ3v) is 4.97. The number of nitrogens with one attached hydrogen (secondary N) is 1. The number of halogens is 1. The van der Waals surface area contributed by atoms with Crippen molar-refractivity contribution in [1.29, 1.82) is 5.26 Å². The van der Waals surface area contributed by atoms with E-state index >= 15 is 0 Å². The molecule has 0 saturated heterocycles. The van der Waals surface area contributed by atoms with Gasteiger partial charge in [-0.15, -0.1) is 0 Å². The van der Waals surface area contributed by atoms with Crippen LogP contribution in [-0.2, 0) is 10.0 Å². The van der Waals surface area contributed by atoms with E-state index in [4.69, 9.17) is 5.26 Å². The summed E-state index contributed by atoms with van der Waals surface area (Å²) in [5, 5.41) is 8.78. The largest absolute Gasteiger partial charge is 0.280 e. The number of benzene rings is 3. The Bertz CT molecular complexity index is 1040. The van der Waals surface area contributed by atoms with Crippen molar-refractivity contribution in [2.75, 3.05) is 4.72 Å². The van der Waals surface area contributed by atoms with Gasteiger partial charge in [-0.2, -0.15) is 5.26 Å². The lowest BCUT2D eigenvalue weighted by molar-refractivity contribution is 0.601. The van der Waals surface area contributed by atoms with Crippen molar-refractivity contribution < 1.29 is 12.8 Å². The fourth-order valence-electron chi connectivity index (χ4n) is 2.31. The lowest BCUT2D eigenvalue weighted by Crippen LogP contribution is -2.12. The predicted octanol–water partition coefficient (Wildman–Crippen LogP) is 4.17. The van der Waals surface area contributed by atoms with Gasteiger partial charge in [0.2, 0.25) is 0 Å². The zero-order valence-electron chi connectivity index (χ0n) is 13.0. The fraction of sp³-hybridized carbons (Fsp3) is 0. The highest BCUT2D eigenvalue weighted by molar-refractivity contribution is 7.92. The molecule has 25 heavy (non-hydrogen) atoms. The summed E-state index contributed by atoms with van der Waals surface area (Å²) in [5.41, 5.74) is 2.20. The molecule has 0 bridgehead atoms. The number of sulfonamides is 1. The maximum Gasteiger partial charge on any atom is 0.261 e. The summed E-state index contributed by atoms with van der Waals surface area (Å²) < 4.78 is 40.6. The van der Waals surface area contributed by atoms with E-state index in [0.717, 1.165) is 5.56 Å². The molecule has 0 atom stereocenters. The van der Waals surface area contributed by atoms with Crippen molar-refractivity contribution in [3.63, 3.8) is 0 Å². The molecule has 0 saturated carbocycles. The van der Waals surface area contributed by atoms with E-state index < -0.39 is 10.0 Å². The highest BCUT2D eigenvalue weighted by atomic mass is 32.2. The van der Waals surface area contributed by atoms with Crippen molar-refractivity contribution in [2.24, 2.45) is 0 Å². The third kappa shape index (κ3) is 3.84. The first-order valence-corrected chi connectivity index (χ1v) is 8.85. The maximum atomic E-state index is 13.0. The molecular formula is C19H13FN2O2S. The SMILES string of the molecule is N#Cc1ccc(NS(=O)(=O)c2cccc(-c3ccc(F)cc3)c2)cc1. The minimum Gasteiger partial charge on any atom is -0.280 e. The van der Waals surface area contributed by atoms with Crippen molar-refractivity contribution in [2.45, 2.75) is 4.90 Å². The van der Waals surface area contributed by atoms with Gasteiger partial charge in [0.05, 0.1) is 16.5 Å². The molecule has 3 rings (SSSR count). The van der Waals surface area contributed by atoms with E-state index in [0.29, 0.717) is 16.8 Å². The van der Waals surface area contributed by atoms with Crippen molar-refractivity contribution in [3.8, 4) is 17.2 Å². The topological polar surface area (TPSA) is 70.0 Å². The molecule has 0 aliphatic carbocycles. The van der Waals surface area contributed by atoms with Gasteiger partial charge in [0.25, 0.3) is 10.0 Å². The maximum absolute atomic E-state index is 13.0. The summed E-state index contributed by atoms with van der Waals surface area (Å²) in [6, 6.07) is 20.3. The van der Waals surface area contributed by atoms with Crippen LogP contribution in [0.2, 0.25) is 0 Å². The molecule has 1 N–H and O–H groups in total. The van der Waals surface area contributed by atoms with Gasteiger partial charge in [0.1, 0.15) is 5.82 Å². The van der Waals surface area contributed by atoms with Gasteiger partial charge >= 0.3 is 0 Å². The van der Waals surface area contributed by atoms with E-state index in [1.54, 1.807) is 24.3 Å². The Morgan fingerprint density at radius 2 is 1.56 bits per heavy atom. The van der Waals surface area contributed by atoms with Crippen LogP contribution in [0.1, 0.15) is 5.56 Å². The second-order valence-corrected chi connectivity index (χ2v) is 7.01. The molecule has 0 radical (unpaired) electrons. The summed E-state index contributed by atoms with van der Waals surface area (Å²) in [4.78, 5) is 0.0960.